The first kappa shape index (κ1) is 21.7. The summed E-state index contributed by atoms with van der Waals surface area (Å²) in [7, 11) is 0. The predicted molar refractivity (Wildman–Crippen MR) is 138 cm³/mol. The molecule has 2 heterocycles. The third kappa shape index (κ3) is 4.13. The minimum Gasteiger partial charge on any atom is -0.456 e. The summed E-state index contributed by atoms with van der Waals surface area (Å²) in [4.78, 5) is 13.0. The molecule has 174 valence electrons. The second kappa shape index (κ2) is 8.75. The molecule has 0 fully saturated rings. The molecule has 0 aliphatic heterocycles. The van der Waals surface area contributed by atoms with Crippen molar-refractivity contribution >= 4 is 28.5 Å². The molecule has 1 atom stereocenters. The molecule has 1 aliphatic rings. The Morgan fingerprint density at radius 1 is 1.09 bits per heavy atom. The Balaban J connectivity index is 1.27. The fourth-order valence-corrected chi connectivity index (χ4v) is 5.18. The number of furan rings is 1. The van der Waals surface area contributed by atoms with Crippen LogP contribution in [0.25, 0.3) is 22.3 Å². The molecule has 0 saturated heterocycles. The SMILES string of the molecule is Cc1cc(C(=O)N[C@H]2CCc3ccccc32)nn1Cc1cc(Cl)cc2cc(-c3ccccc3)oc12. The number of aromatic nitrogens is 2. The van der Waals surface area contributed by atoms with Crippen LogP contribution in [0.5, 0.6) is 0 Å². The molecular formula is C29H24ClN3O2. The van der Waals surface area contributed by atoms with Gasteiger partial charge in [0, 0.05) is 27.2 Å². The van der Waals surface area contributed by atoms with Crippen LogP contribution in [0.3, 0.4) is 0 Å². The largest absolute Gasteiger partial charge is 0.456 e. The first-order valence-corrected chi connectivity index (χ1v) is 12.1. The molecule has 0 spiro atoms. The van der Waals surface area contributed by atoms with Gasteiger partial charge in [-0.15, -0.1) is 0 Å². The van der Waals surface area contributed by atoms with Gasteiger partial charge in [0.05, 0.1) is 12.6 Å². The van der Waals surface area contributed by atoms with E-state index < -0.39 is 0 Å². The van der Waals surface area contributed by atoms with E-state index in [0.29, 0.717) is 17.3 Å². The normalized spacial score (nSPS) is 14.9. The van der Waals surface area contributed by atoms with Gasteiger partial charge in [-0.1, -0.05) is 66.2 Å². The number of nitrogens with zero attached hydrogens (tertiary/aromatic N) is 2. The molecule has 2 aromatic heterocycles. The highest BCUT2D eigenvalue weighted by Crippen LogP contribution is 2.33. The molecule has 0 unspecified atom stereocenters. The van der Waals surface area contributed by atoms with E-state index in [0.717, 1.165) is 46.4 Å². The first-order chi connectivity index (χ1) is 17.0. The number of hydrogen-bond acceptors (Lipinski definition) is 3. The Morgan fingerprint density at radius 2 is 1.89 bits per heavy atom. The van der Waals surface area contributed by atoms with Gasteiger partial charge in [-0.25, -0.2) is 0 Å². The van der Waals surface area contributed by atoms with Crippen molar-refractivity contribution in [3.63, 3.8) is 0 Å². The van der Waals surface area contributed by atoms with Crippen LogP contribution in [0.2, 0.25) is 5.02 Å². The number of nitrogens with one attached hydrogen (secondary N) is 1. The van der Waals surface area contributed by atoms with E-state index in [1.165, 1.54) is 11.1 Å². The molecule has 1 N–H and O–H groups in total. The lowest BCUT2D eigenvalue weighted by Crippen LogP contribution is -2.27. The van der Waals surface area contributed by atoms with Gasteiger partial charge >= 0.3 is 0 Å². The minimum atomic E-state index is -0.158. The van der Waals surface area contributed by atoms with Crippen LogP contribution in [0.4, 0.5) is 0 Å². The summed E-state index contributed by atoms with van der Waals surface area (Å²) in [6, 6.07) is 25.9. The lowest BCUT2D eigenvalue weighted by molar-refractivity contribution is 0.0931. The molecule has 6 rings (SSSR count). The van der Waals surface area contributed by atoms with Crippen molar-refractivity contribution in [1.29, 1.82) is 0 Å². The van der Waals surface area contributed by atoms with Crippen molar-refractivity contribution < 1.29 is 9.21 Å². The van der Waals surface area contributed by atoms with Gasteiger partial charge in [0.15, 0.2) is 0 Å². The van der Waals surface area contributed by atoms with E-state index in [1.807, 2.05) is 78.3 Å². The van der Waals surface area contributed by atoms with Crippen molar-refractivity contribution in [3.8, 4) is 11.3 Å². The van der Waals surface area contributed by atoms with Crippen molar-refractivity contribution in [2.24, 2.45) is 0 Å². The van der Waals surface area contributed by atoms with E-state index in [4.69, 9.17) is 16.0 Å². The Kier molecular flexibility index (Phi) is 5.42. The summed E-state index contributed by atoms with van der Waals surface area (Å²) in [6.45, 7) is 2.40. The number of carbonyl (C=O) groups is 1. The summed E-state index contributed by atoms with van der Waals surface area (Å²) in [5, 5.41) is 9.36. The second-order valence-corrected chi connectivity index (χ2v) is 9.49. The summed E-state index contributed by atoms with van der Waals surface area (Å²) in [5.74, 6) is 0.632. The molecule has 5 aromatic rings. The van der Waals surface area contributed by atoms with E-state index in [-0.39, 0.29) is 11.9 Å². The number of rotatable bonds is 5. The van der Waals surface area contributed by atoms with Gasteiger partial charge in [0.25, 0.3) is 5.91 Å². The summed E-state index contributed by atoms with van der Waals surface area (Å²) in [5.41, 5.74) is 6.51. The Hall–Kier alpha value is -3.83. The third-order valence-corrected chi connectivity index (χ3v) is 6.91. The molecule has 3 aromatic carbocycles. The average molecular weight is 482 g/mol. The van der Waals surface area contributed by atoms with Crippen molar-refractivity contribution in [2.45, 2.75) is 32.4 Å². The van der Waals surface area contributed by atoms with Crippen molar-refractivity contribution in [3.05, 3.63) is 112 Å². The lowest BCUT2D eigenvalue weighted by atomic mass is 10.1. The summed E-state index contributed by atoms with van der Waals surface area (Å²) >= 11 is 6.44. The number of benzene rings is 3. The van der Waals surface area contributed by atoms with Crippen LogP contribution in [0.1, 0.15) is 45.3 Å². The molecule has 6 heteroatoms. The van der Waals surface area contributed by atoms with Gasteiger partial charge in [-0.2, -0.15) is 5.10 Å². The van der Waals surface area contributed by atoms with Crippen LogP contribution in [0, 0.1) is 6.92 Å². The summed E-state index contributed by atoms with van der Waals surface area (Å²) in [6.07, 6.45) is 1.89. The Bertz CT molecular complexity index is 1550. The van der Waals surface area contributed by atoms with Crippen LogP contribution >= 0.6 is 11.6 Å². The maximum atomic E-state index is 13.0. The maximum absolute atomic E-state index is 13.0. The molecular weight excluding hydrogens is 458 g/mol. The zero-order valence-corrected chi connectivity index (χ0v) is 20.0. The molecule has 5 nitrogen and oxygen atoms in total. The molecule has 0 saturated carbocycles. The van der Waals surface area contributed by atoms with E-state index >= 15 is 0 Å². The quantitative estimate of drug-likeness (QED) is 0.303. The van der Waals surface area contributed by atoms with E-state index in [2.05, 4.69) is 22.5 Å². The van der Waals surface area contributed by atoms with E-state index in [1.54, 1.807) is 0 Å². The standard InChI is InChI=1S/C29H24ClN3O2/c1-18-13-26(29(34)31-25-12-11-19-7-5-6-10-24(19)25)32-33(18)17-22-15-23(30)14-21-16-27(35-28(21)22)20-8-3-2-4-9-20/h2-10,13-16,25H,11-12,17H2,1H3,(H,31,34)/t25-/m0/s1. The Morgan fingerprint density at radius 3 is 2.74 bits per heavy atom. The van der Waals surface area contributed by atoms with Gasteiger partial charge in [-0.3, -0.25) is 9.48 Å². The highest BCUT2D eigenvalue weighted by Gasteiger charge is 2.25. The molecule has 35 heavy (non-hydrogen) atoms. The number of halogens is 1. The fraction of sp³-hybridized carbons (Fsp3) is 0.172. The smallest absolute Gasteiger partial charge is 0.272 e. The number of carbonyl (C=O) groups excluding carboxylic acids is 1. The van der Waals surface area contributed by atoms with Gasteiger partial charge in [0.2, 0.25) is 0 Å². The highest BCUT2D eigenvalue weighted by molar-refractivity contribution is 6.31. The van der Waals surface area contributed by atoms with Crippen LogP contribution in [-0.4, -0.2) is 15.7 Å². The van der Waals surface area contributed by atoms with Gasteiger partial charge in [-0.05, 0) is 55.2 Å². The van der Waals surface area contributed by atoms with Crippen LogP contribution in [0.15, 0.2) is 83.3 Å². The summed E-state index contributed by atoms with van der Waals surface area (Å²) < 4.78 is 8.08. The third-order valence-electron chi connectivity index (χ3n) is 6.69. The monoisotopic (exact) mass is 481 g/mol. The topological polar surface area (TPSA) is 60.1 Å². The zero-order chi connectivity index (χ0) is 23.9. The second-order valence-electron chi connectivity index (χ2n) is 9.05. The van der Waals surface area contributed by atoms with Crippen LogP contribution in [-0.2, 0) is 13.0 Å². The predicted octanol–water partition coefficient (Wildman–Crippen LogP) is 6.72. The Labute approximate surface area is 208 Å². The number of fused-ring (bicyclic) bond motifs is 2. The molecule has 0 radical (unpaired) electrons. The van der Waals surface area contributed by atoms with E-state index in [9.17, 15) is 4.79 Å². The lowest BCUT2D eigenvalue weighted by Gasteiger charge is -2.13. The highest BCUT2D eigenvalue weighted by atomic mass is 35.5. The fourth-order valence-electron chi connectivity index (χ4n) is 4.93. The van der Waals surface area contributed by atoms with Crippen molar-refractivity contribution in [1.82, 2.24) is 15.1 Å². The number of hydrogen-bond donors (Lipinski definition) is 1. The van der Waals surface area contributed by atoms with Gasteiger partial charge in [0.1, 0.15) is 17.0 Å². The molecule has 1 amide bonds. The maximum Gasteiger partial charge on any atom is 0.272 e. The average Bonchev–Trinajstić information content (AvgIpc) is 3.57. The molecule has 0 bridgehead atoms. The number of amides is 1. The first-order valence-electron chi connectivity index (χ1n) is 11.8. The van der Waals surface area contributed by atoms with Crippen LogP contribution < -0.4 is 5.32 Å². The zero-order valence-electron chi connectivity index (χ0n) is 19.3. The van der Waals surface area contributed by atoms with Gasteiger partial charge < -0.3 is 9.73 Å². The molecule has 1 aliphatic carbocycles. The minimum absolute atomic E-state index is 0.0243. The van der Waals surface area contributed by atoms with Crippen molar-refractivity contribution in [2.75, 3.05) is 0 Å². The number of aryl methyl sites for hydroxylation is 2.